The van der Waals surface area contributed by atoms with Gasteiger partial charge in [0.1, 0.15) is 0 Å². The Morgan fingerprint density at radius 3 is 2.61 bits per heavy atom. The normalized spacial score (nSPS) is 11.0. The minimum atomic E-state index is 0.658. The number of hydrogen-bond acceptors (Lipinski definition) is 2. The molecule has 3 nitrogen and oxygen atoms in total. The van der Waals surface area contributed by atoms with E-state index >= 15 is 0 Å². The monoisotopic (exact) mass is 319 g/mol. The highest BCUT2D eigenvalue weighted by atomic mass is 79.9. The summed E-state index contributed by atoms with van der Waals surface area (Å²) in [6.45, 7) is 1.97. The summed E-state index contributed by atoms with van der Waals surface area (Å²) in [4.78, 5) is 7.72. The van der Waals surface area contributed by atoms with Crippen LogP contribution in [0.5, 0.6) is 0 Å². The van der Waals surface area contributed by atoms with E-state index in [9.17, 15) is 0 Å². The van der Waals surface area contributed by atoms with Gasteiger partial charge in [-0.05, 0) is 55.5 Å². The van der Waals surface area contributed by atoms with Gasteiger partial charge in [0, 0.05) is 15.9 Å². The number of fused-ring (bicyclic) bond motifs is 1. The molecule has 18 heavy (non-hydrogen) atoms. The van der Waals surface area contributed by atoms with Crippen LogP contribution in [0, 0.1) is 11.7 Å². The van der Waals surface area contributed by atoms with Gasteiger partial charge >= 0.3 is 0 Å². The van der Waals surface area contributed by atoms with Crippen molar-refractivity contribution in [2.45, 2.75) is 6.92 Å². The molecule has 0 fully saturated rings. The Labute approximate surface area is 118 Å². The summed E-state index contributed by atoms with van der Waals surface area (Å²) in [7, 11) is 0. The quantitative estimate of drug-likeness (QED) is 0.683. The Morgan fingerprint density at radius 1 is 1.17 bits per heavy atom. The third-order valence-electron chi connectivity index (χ3n) is 2.76. The number of halogens is 1. The average Bonchev–Trinajstić information content (AvgIpc) is 2.66. The van der Waals surface area contributed by atoms with Crippen molar-refractivity contribution < 1.29 is 0 Å². The van der Waals surface area contributed by atoms with E-state index in [0.29, 0.717) is 4.77 Å². The topological polar surface area (TPSA) is 33.6 Å². The van der Waals surface area contributed by atoms with E-state index in [1.165, 1.54) is 0 Å². The molecule has 3 rings (SSSR count). The van der Waals surface area contributed by atoms with Crippen molar-refractivity contribution >= 4 is 39.3 Å². The van der Waals surface area contributed by atoms with Crippen molar-refractivity contribution in [1.82, 2.24) is 14.5 Å². The maximum Gasteiger partial charge on any atom is 0.183 e. The minimum absolute atomic E-state index is 0.658. The standard InChI is InChI=1S/C13H10BrN3S/c1-8-2-7-11-12(15-8)17(13(18)16-11)10-5-3-9(14)4-6-10/h2-7H,1H3,(H,16,18). The first-order valence-electron chi connectivity index (χ1n) is 5.49. The Morgan fingerprint density at radius 2 is 1.89 bits per heavy atom. The summed E-state index contributed by atoms with van der Waals surface area (Å²) in [5.41, 5.74) is 3.80. The number of rotatable bonds is 1. The Balaban J connectivity index is 2.34. The zero-order valence-electron chi connectivity index (χ0n) is 9.64. The van der Waals surface area contributed by atoms with Gasteiger partial charge in [-0.3, -0.25) is 4.57 Å². The second-order valence-corrected chi connectivity index (χ2v) is 5.37. The van der Waals surface area contributed by atoms with Gasteiger partial charge in [-0.25, -0.2) is 4.98 Å². The zero-order chi connectivity index (χ0) is 12.7. The number of benzene rings is 1. The molecule has 0 spiro atoms. The molecule has 0 aliphatic heterocycles. The highest BCUT2D eigenvalue weighted by molar-refractivity contribution is 9.10. The highest BCUT2D eigenvalue weighted by Gasteiger charge is 2.07. The van der Waals surface area contributed by atoms with Crippen LogP contribution in [0.15, 0.2) is 40.9 Å². The van der Waals surface area contributed by atoms with Gasteiger partial charge in [-0.1, -0.05) is 15.9 Å². The predicted octanol–water partition coefficient (Wildman–Crippen LogP) is 4.15. The van der Waals surface area contributed by atoms with Gasteiger partial charge in [-0.2, -0.15) is 0 Å². The molecule has 2 aromatic heterocycles. The summed E-state index contributed by atoms with van der Waals surface area (Å²) in [5, 5.41) is 0. The third kappa shape index (κ3) is 1.89. The lowest BCUT2D eigenvalue weighted by molar-refractivity contribution is 1.04. The molecule has 0 amide bonds. The Hall–Kier alpha value is -1.46. The lowest BCUT2D eigenvalue weighted by Crippen LogP contribution is -1.95. The minimum Gasteiger partial charge on any atom is -0.329 e. The van der Waals surface area contributed by atoms with Crippen molar-refractivity contribution in [2.75, 3.05) is 0 Å². The van der Waals surface area contributed by atoms with E-state index in [1.807, 2.05) is 47.9 Å². The number of hydrogen-bond donors (Lipinski definition) is 1. The predicted molar refractivity (Wildman–Crippen MR) is 78.7 cm³/mol. The average molecular weight is 320 g/mol. The molecule has 1 N–H and O–H groups in total. The maximum absolute atomic E-state index is 5.37. The highest BCUT2D eigenvalue weighted by Crippen LogP contribution is 2.20. The molecule has 0 aliphatic carbocycles. The van der Waals surface area contributed by atoms with Crippen LogP contribution in [0.3, 0.4) is 0 Å². The number of nitrogens with zero attached hydrogens (tertiary/aromatic N) is 2. The molecule has 5 heteroatoms. The molecule has 3 aromatic rings. The van der Waals surface area contributed by atoms with Crippen LogP contribution < -0.4 is 0 Å². The van der Waals surface area contributed by atoms with Crippen LogP contribution in [0.1, 0.15) is 5.69 Å². The first-order valence-corrected chi connectivity index (χ1v) is 6.69. The van der Waals surface area contributed by atoms with Crippen LogP contribution in [0.25, 0.3) is 16.9 Å². The SMILES string of the molecule is Cc1ccc2[nH]c(=S)n(-c3ccc(Br)cc3)c2n1. The summed E-state index contributed by atoms with van der Waals surface area (Å²) >= 11 is 8.80. The van der Waals surface area contributed by atoms with Gasteiger partial charge in [0.15, 0.2) is 10.4 Å². The van der Waals surface area contributed by atoms with Gasteiger partial charge in [0.2, 0.25) is 0 Å². The number of aryl methyl sites for hydroxylation is 1. The number of imidazole rings is 1. The molecular formula is C13H10BrN3S. The summed E-state index contributed by atoms with van der Waals surface area (Å²) in [6.07, 6.45) is 0. The van der Waals surface area contributed by atoms with Crippen LogP contribution in [0.2, 0.25) is 0 Å². The molecule has 2 heterocycles. The van der Waals surface area contributed by atoms with Gasteiger partial charge in [-0.15, -0.1) is 0 Å². The number of aromatic nitrogens is 3. The first kappa shape index (κ1) is 11.6. The van der Waals surface area contributed by atoms with Crippen molar-refractivity contribution in [3.8, 4) is 5.69 Å². The molecule has 1 aromatic carbocycles. The Kier molecular flexibility index (Phi) is 2.80. The fraction of sp³-hybridized carbons (Fsp3) is 0.0769. The maximum atomic E-state index is 5.37. The van der Waals surface area contributed by atoms with Gasteiger partial charge < -0.3 is 4.98 Å². The largest absolute Gasteiger partial charge is 0.329 e. The van der Waals surface area contributed by atoms with Crippen LogP contribution in [-0.4, -0.2) is 14.5 Å². The van der Waals surface area contributed by atoms with Crippen molar-refractivity contribution in [1.29, 1.82) is 0 Å². The van der Waals surface area contributed by atoms with E-state index in [1.54, 1.807) is 0 Å². The fourth-order valence-corrected chi connectivity index (χ4v) is 2.47. The third-order valence-corrected chi connectivity index (χ3v) is 3.57. The lowest BCUT2D eigenvalue weighted by atomic mass is 10.3. The number of pyridine rings is 1. The van der Waals surface area contributed by atoms with E-state index in [-0.39, 0.29) is 0 Å². The fourth-order valence-electron chi connectivity index (χ4n) is 1.91. The molecule has 0 atom stereocenters. The number of H-pyrrole nitrogens is 1. The molecule has 0 saturated heterocycles. The molecule has 0 radical (unpaired) electrons. The summed E-state index contributed by atoms with van der Waals surface area (Å²) < 4.78 is 3.65. The van der Waals surface area contributed by atoms with Crippen molar-refractivity contribution in [3.05, 3.63) is 51.3 Å². The van der Waals surface area contributed by atoms with E-state index in [2.05, 4.69) is 25.9 Å². The molecular weight excluding hydrogens is 310 g/mol. The van der Waals surface area contributed by atoms with Gasteiger partial charge in [0.05, 0.1) is 5.52 Å². The van der Waals surface area contributed by atoms with E-state index < -0.39 is 0 Å². The molecule has 0 saturated carbocycles. The molecule has 0 aliphatic rings. The van der Waals surface area contributed by atoms with Crippen molar-refractivity contribution in [3.63, 3.8) is 0 Å². The Bertz CT molecular complexity index is 771. The summed E-state index contributed by atoms with van der Waals surface area (Å²) in [5.74, 6) is 0. The smallest absolute Gasteiger partial charge is 0.183 e. The van der Waals surface area contributed by atoms with E-state index in [4.69, 9.17) is 12.2 Å². The number of nitrogens with one attached hydrogen (secondary N) is 1. The van der Waals surface area contributed by atoms with Crippen LogP contribution in [-0.2, 0) is 0 Å². The summed E-state index contributed by atoms with van der Waals surface area (Å²) in [6, 6.07) is 12.0. The first-order chi connectivity index (χ1) is 8.65. The molecule has 0 unspecified atom stereocenters. The van der Waals surface area contributed by atoms with Gasteiger partial charge in [0.25, 0.3) is 0 Å². The van der Waals surface area contributed by atoms with Crippen molar-refractivity contribution in [2.24, 2.45) is 0 Å². The second-order valence-electron chi connectivity index (χ2n) is 4.07. The van der Waals surface area contributed by atoms with E-state index in [0.717, 1.165) is 27.0 Å². The molecule has 0 bridgehead atoms. The molecule has 90 valence electrons. The van der Waals surface area contributed by atoms with Crippen LogP contribution >= 0.6 is 28.1 Å². The zero-order valence-corrected chi connectivity index (χ0v) is 12.0. The second kappa shape index (κ2) is 4.33. The lowest BCUT2D eigenvalue weighted by Gasteiger charge is -2.04. The van der Waals surface area contributed by atoms with Crippen LogP contribution in [0.4, 0.5) is 0 Å². The number of aromatic amines is 1.